The third kappa shape index (κ3) is 5.53. The van der Waals surface area contributed by atoms with Crippen LogP contribution >= 0.6 is 0 Å². The highest BCUT2D eigenvalue weighted by Crippen LogP contribution is 2.26. The number of hydrogen-bond donors (Lipinski definition) is 1. The standard InChI is InChI=1S/C23H30N2O4S/c1-18-8-10-20(11-9-18)25(17-23(26)24-16-19-6-4-3-5-7-19)30(27,28)22-14-12-21(29-2)13-15-22/h8-15,19H,3-7,16-17H2,1-2H3,(H,24,26). The average molecular weight is 431 g/mol. The first-order valence-electron chi connectivity index (χ1n) is 10.4. The lowest BCUT2D eigenvalue weighted by atomic mass is 9.89. The van der Waals surface area contributed by atoms with Crippen molar-refractivity contribution < 1.29 is 17.9 Å². The van der Waals surface area contributed by atoms with Gasteiger partial charge in [0.1, 0.15) is 12.3 Å². The lowest BCUT2D eigenvalue weighted by Gasteiger charge is -2.26. The number of amides is 1. The molecule has 3 rings (SSSR count). The number of aryl methyl sites for hydroxylation is 1. The summed E-state index contributed by atoms with van der Waals surface area (Å²) in [4.78, 5) is 12.8. The second kappa shape index (κ2) is 9.98. The highest BCUT2D eigenvalue weighted by molar-refractivity contribution is 7.92. The van der Waals surface area contributed by atoms with Gasteiger partial charge < -0.3 is 10.1 Å². The van der Waals surface area contributed by atoms with E-state index in [0.717, 1.165) is 18.4 Å². The Morgan fingerprint density at radius 2 is 1.67 bits per heavy atom. The largest absolute Gasteiger partial charge is 0.497 e. The number of hydrogen-bond acceptors (Lipinski definition) is 4. The van der Waals surface area contributed by atoms with E-state index in [2.05, 4.69) is 5.32 Å². The van der Waals surface area contributed by atoms with Gasteiger partial charge in [0.2, 0.25) is 5.91 Å². The molecule has 30 heavy (non-hydrogen) atoms. The highest BCUT2D eigenvalue weighted by atomic mass is 32.2. The molecule has 0 aliphatic heterocycles. The lowest BCUT2D eigenvalue weighted by molar-refractivity contribution is -0.119. The Labute approximate surface area is 179 Å². The summed E-state index contributed by atoms with van der Waals surface area (Å²) in [6.07, 6.45) is 5.88. The molecule has 6 nitrogen and oxygen atoms in total. The van der Waals surface area contributed by atoms with E-state index >= 15 is 0 Å². The minimum absolute atomic E-state index is 0.115. The zero-order chi connectivity index (χ0) is 21.6. The van der Waals surface area contributed by atoms with E-state index < -0.39 is 10.0 Å². The number of methoxy groups -OCH3 is 1. The summed E-state index contributed by atoms with van der Waals surface area (Å²) in [6, 6.07) is 13.3. The number of sulfonamides is 1. The van der Waals surface area contributed by atoms with Gasteiger partial charge in [0, 0.05) is 6.54 Å². The summed E-state index contributed by atoms with van der Waals surface area (Å²) >= 11 is 0. The van der Waals surface area contributed by atoms with Crippen LogP contribution in [0.4, 0.5) is 5.69 Å². The molecule has 0 bridgehead atoms. The predicted octanol–water partition coefficient (Wildman–Crippen LogP) is 3.90. The minimum Gasteiger partial charge on any atom is -0.497 e. The van der Waals surface area contributed by atoms with Gasteiger partial charge in [0.05, 0.1) is 17.7 Å². The van der Waals surface area contributed by atoms with Gasteiger partial charge in [-0.3, -0.25) is 9.10 Å². The highest BCUT2D eigenvalue weighted by Gasteiger charge is 2.27. The third-order valence-corrected chi connectivity index (χ3v) is 7.36. The summed E-state index contributed by atoms with van der Waals surface area (Å²) in [5, 5.41) is 2.94. The second-order valence-electron chi connectivity index (χ2n) is 7.83. The fourth-order valence-electron chi connectivity index (χ4n) is 3.74. The van der Waals surface area contributed by atoms with Crippen LogP contribution in [0.15, 0.2) is 53.4 Å². The molecule has 1 N–H and O–H groups in total. The second-order valence-corrected chi connectivity index (χ2v) is 9.69. The van der Waals surface area contributed by atoms with Crippen molar-refractivity contribution in [3.05, 3.63) is 54.1 Å². The van der Waals surface area contributed by atoms with Crippen molar-refractivity contribution in [1.82, 2.24) is 5.32 Å². The summed E-state index contributed by atoms with van der Waals surface area (Å²) in [5.41, 5.74) is 1.48. The van der Waals surface area contributed by atoms with Crippen LogP contribution in [0, 0.1) is 12.8 Å². The summed E-state index contributed by atoms with van der Waals surface area (Å²) in [7, 11) is -2.39. The Hall–Kier alpha value is -2.54. The van der Waals surface area contributed by atoms with Crippen molar-refractivity contribution >= 4 is 21.6 Å². The van der Waals surface area contributed by atoms with E-state index in [9.17, 15) is 13.2 Å². The average Bonchev–Trinajstić information content (AvgIpc) is 2.77. The van der Waals surface area contributed by atoms with Crippen LogP contribution in [-0.4, -0.2) is 34.5 Å². The first-order chi connectivity index (χ1) is 14.4. The van der Waals surface area contributed by atoms with Crippen LogP contribution in [0.2, 0.25) is 0 Å². The topological polar surface area (TPSA) is 75.7 Å². The summed E-state index contributed by atoms with van der Waals surface area (Å²) in [5.74, 6) is 0.757. The molecule has 7 heteroatoms. The molecule has 1 aliphatic rings. The molecule has 0 spiro atoms. The molecule has 1 fully saturated rings. The fourth-order valence-corrected chi connectivity index (χ4v) is 5.16. The van der Waals surface area contributed by atoms with E-state index in [1.54, 1.807) is 24.3 Å². The lowest BCUT2D eigenvalue weighted by Crippen LogP contribution is -2.42. The maximum atomic E-state index is 13.4. The third-order valence-electron chi connectivity index (χ3n) is 5.57. The Bertz CT molecular complexity index is 934. The van der Waals surface area contributed by atoms with Crippen molar-refractivity contribution in [2.24, 2.45) is 5.92 Å². The first-order valence-corrected chi connectivity index (χ1v) is 11.8. The SMILES string of the molecule is COc1ccc(S(=O)(=O)N(CC(=O)NCC2CCCCC2)c2ccc(C)cc2)cc1. The molecule has 162 valence electrons. The molecule has 2 aromatic rings. The Morgan fingerprint density at radius 3 is 2.27 bits per heavy atom. The molecule has 1 amide bonds. The number of nitrogens with zero attached hydrogens (tertiary/aromatic N) is 1. The minimum atomic E-state index is -3.91. The zero-order valence-electron chi connectivity index (χ0n) is 17.6. The van der Waals surface area contributed by atoms with Crippen molar-refractivity contribution in [3.8, 4) is 5.75 Å². The molecule has 0 saturated heterocycles. The number of nitrogens with one attached hydrogen (secondary N) is 1. The molecule has 0 atom stereocenters. The smallest absolute Gasteiger partial charge is 0.264 e. The van der Waals surface area contributed by atoms with Crippen molar-refractivity contribution in [3.63, 3.8) is 0 Å². The Balaban J connectivity index is 1.80. The Kier molecular flexibility index (Phi) is 7.37. The summed E-state index contributed by atoms with van der Waals surface area (Å²) < 4.78 is 33.0. The molecule has 0 heterocycles. The normalized spacial score (nSPS) is 14.9. The predicted molar refractivity (Wildman–Crippen MR) is 118 cm³/mol. The molecule has 0 aromatic heterocycles. The summed E-state index contributed by atoms with van der Waals surface area (Å²) in [6.45, 7) is 2.27. The van der Waals surface area contributed by atoms with E-state index in [4.69, 9.17) is 4.74 Å². The van der Waals surface area contributed by atoms with Gasteiger partial charge in [-0.25, -0.2) is 8.42 Å². The molecule has 1 aliphatic carbocycles. The van der Waals surface area contributed by atoms with E-state index in [1.165, 1.54) is 42.8 Å². The van der Waals surface area contributed by atoms with Gasteiger partial charge in [-0.2, -0.15) is 0 Å². The molecule has 0 radical (unpaired) electrons. The Morgan fingerprint density at radius 1 is 1.03 bits per heavy atom. The molecule has 0 unspecified atom stereocenters. The number of rotatable bonds is 8. The van der Waals surface area contributed by atoms with Crippen molar-refractivity contribution in [2.75, 3.05) is 24.5 Å². The van der Waals surface area contributed by atoms with Crippen molar-refractivity contribution in [1.29, 1.82) is 0 Å². The number of carbonyl (C=O) groups excluding carboxylic acids is 1. The number of carbonyl (C=O) groups is 1. The quantitative estimate of drug-likeness (QED) is 0.689. The van der Waals surface area contributed by atoms with Gasteiger partial charge in [-0.05, 0) is 62.1 Å². The molecule has 2 aromatic carbocycles. The molecular weight excluding hydrogens is 400 g/mol. The number of ether oxygens (including phenoxy) is 1. The monoisotopic (exact) mass is 430 g/mol. The molecular formula is C23H30N2O4S. The van der Waals surface area contributed by atoms with Gasteiger partial charge in [-0.1, -0.05) is 37.0 Å². The van der Waals surface area contributed by atoms with Crippen LogP contribution in [0.1, 0.15) is 37.7 Å². The van der Waals surface area contributed by atoms with E-state index in [1.807, 2.05) is 19.1 Å². The zero-order valence-corrected chi connectivity index (χ0v) is 18.5. The molecule has 1 saturated carbocycles. The van der Waals surface area contributed by atoms with Crippen molar-refractivity contribution in [2.45, 2.75) is 43.9 Å². The number of anilines is 1. The first kappa shape index (κ1) is 22.2. The van der Waals surface area contributed by atoms with E-state index in [-0.39, 0.29) is 17.3 Å². The van der Waals surface area contributed by atoms with Crippen LogP contribution in [0.3, 0.4) is 0 Å². The van der Waals surface area contributed by atoms with Gasteiger partial charge in [-0.15, -0.1) is 0 Å². The van der Waals surface area contributed by atoms with Crippen LogP contribution in [0.25, 0.3) is 0 Å². The van der Waals surface area contributed by atoms with Gasteiger partial charge >= 0.3 is 0 Å². The van der Waals surface area contributed by atoms with Gasteiger partial charge in [0.15, 0.2) is 0 Å². The van der Waals surface area contributed by atoms with Crippen LogP contribution in [0.5, 0.6) is 5.75 Å². The van der Waals surface area contributed by atoms with Gasteiger partial charge in [0.25, 0.3) is 10.0 Å². The van der Waals surface area contributed by atoms with Crippen LogP contribution in [-0.2, 0) is 14.8 Å². The number of benzene rings is 2. The fraction of sp³-hybridized carbons (Fsp3) is 0.435. The maximum Gasteiger partial charge on any atom is 0.264 e. The van der Waals surface area contributed by atoms with E-state index in [0.29, 0.717) is 23.9 Å². The maximum absolute atomic E-state index is 13.4. The van der Waals surface area contributed by atoms with Crippen LogP contribution < -0.4 is 14.4 Å².